The van der Waals surface area contributed by atoms with Crippen LogP contribution in [0.15, 0.2) is 24.3 Å². The minimum absolute atomic E-state index is 0.0171. The van der Waals surface area contributed by atoms with Crippen molar-refractivity contribution in [2.75, 3.05) is 17.6 Å². The van der Waals surface area contributed by atoms with Crippen LogP contribution >= 0.6 is 0 Å². The van der Waals surface area contributed by atoms with Crippen LogP contribution in [-0.4, -0.2) is 24.5 Å². The molecule has 0 spiro atoms. The van der Waals surface area contributed by atoms with E-state index in [2.05, 4.69) is 16.0 Å². The summed E-state index contributed by atoms with van der Waals surface area (Å²) < 4.78 is 0. The number of amides is 3. The topological polar surface area (TPSA) is 96.2 Å². The number of hydrogen-bond acceptors (Lipinski definition) is 3. The van der Waals surface area contributed by atoms with Crippen LogP contribution in [-0.2, 0) is 4.79 Å². The van der Waals surface area contributed by atoms with Crippen molar-refractivity contribution in [1.82, 2.24) is 10.6 Å². The van der Waals surface area contributed by atoms with Crippen LogP contribution < -0.4 is 21.7 Å². The molecule has 1 fully saturated rings. The first-order valence-electron chi connectivity index (χ1n) is 5.83. The van der Waals surface area contributed by atoms with Gasteiger partial charge in [0.25, 0.3) is 0 Å². The molecule has 1 atom stereocenters. The van der Waals surface area contributed by atoms with Crippen LogP contribution in [0.5, 0.6) is 0 Å². The Kier molecular flexibility index (Phi) is 3.66. The van der Waals surface area contributed by atoms with Gasteiger partial charge in [0, 0.05) is 30.4 Å². The fraction of sp³-hybridized carbons (Fsp3) is 0.333. The normalized spacial score (nSPS) is 18.9. The van der Waals surface area contributed by atoms with Crippen LogP contribution in [0.25, 0.3) is 0 Å². The summed E-state index contributed by atoms with van der Waals surface area (Å²) in [5.41, 5.74) is 6.88. The second-order valence-corrected chi connectivity index (χ2v) is 4.26. The monoisotopic (exact) mass is 248 g/mol. The molecule has 3 amide bonds. The molecule has 0 saturated carbocycles. The van der Waals surface area contributed by atoms with Gasteiger partial charge < -0.3 is 21.7 Å². The summed E-state index contributed by atoms with van der Waals surface area (Å²) in [5, 5.41) is 8.23. The highest BCUT2D eigenvalue weighted by molar-refractivity contribution is 5.89. The molecule has 1 aromatic rings. The molecule has 6 nitrogen and oxygen atoms in total. The van der Waals surface area contributed by atoms with E-state index >= 15 is 0 Å². The lowest BCUT2D eigenvalue weighted by molar-refractivity contribution is -0.122. The maximum absolute atomic E-state index is 11.7. The quantitative estimate of drug-likeness (QED) is 0.579. The standard InChI is InChI=1S/C12H16N4O2/c13-8-1-3-9(4-2-8)15-12(18)16-10-5-6-11(17)14-7-10/h1-4,10H,5-7,13H2,(H,14,17)(H2,15,16,18). The fourth-order valence-electron chi connectivity index (χ4n) is 1.78. The third-order valence-corrected chi connectivity index (χ3v) is 2.77. The number of rotatable bonds is 2. The van der Waals surface area contributed by atoms with Gasteiger partial charge in [-0.15, -0.1) is 0 Å². The zero-order valence-electron chi connectivity index (χ0n) is 9.90. The summed E-state index contributed by atoms with van der Waals surface area (Å²) in [6.07, 6.45) is 1.12. The molecule has 0 radical (unpaired) electrons. The zero-order valence-corrected chi connectivity index (χ0v) is 9.90. The summed E-state index contributed by atoms with van der Waals surface area (Å²) >= 11 is 0. The molecule has 96 valence electrons. The van der Waals surface area contributed by atoms with Crippen molar-refractivity contribution in [3.05, 3.63) is 24.3 Å². The number of hydrogen-bond donors (Lipinski definition) is 4. The molecule has 6 heteroatoms. The Morgan fingerprint density at radius 2 is 2.06 bits per heavy atom. The number of urea groups is 1. The largest absolute Gasteiger partial charge is 0.399 e. The van der Waals surface area contributed by atoms with Crippen molar-refractivity contribution in [2.45, 2.75) is 18.9 Å². The van der Waals surface area contributed by atoms with Crippen LogP contribution in [0.4, 0.5) is 16.2 Å². The molecule has 5 N–H and O–H groups in total. The summed E-state index contributed by atoms with van der Waals surface area (Å²) in [7, 11) is 0. The number of nitrogens with one attached hydrogen (secondary N) is 3. The number of anilines is 2. The summed E-state index contributed by atoms with van der Waals surface area (Å²) in [5.74, 6) is 0.0343. The Morgan fingerprint density at radius 3 is 2.67 bits per heavy atom. The van der Waals surface area contributed by atoms with Gasteiger partial charge in [0.05, 0.1) is 0 Å². The summed E-state index contributed by atoms with van der Waals surface area (Å²) in [4.78, 5) is 22.6. The van der Waals surface area contributed by atoms with Crippen molar-refractivity contribution in [1.29, 1.82) is 0 Å². The molecular formula is C12H16N4O2. The van der Waals surface area contributed by atoms with E-state index in [4.69, 9.17) is 5.73 Å². The number of carbonyl (C=O) groups is 2. The predicted octanol–water partition coefficient (Wildman–Crippen LogP) is 0.669. The van der Waals surface area contributed by atoms with Crippen molar-refractivity contribution in [2.24, 2.45) is 0 Å². The molecular weight excluding hydrogens is 232 g/mol. The van der Waals surface area contributed by atoms with E-state index in [1.165, 1.54) is 0 Å². The number of benzene rings is 1. The molecule has 0 bridgehead atoms. The Hall–Kier alpha value is -2.24. The maximum Gasteiger partial charge on any atom is 0.319 e. The van der Waals surface area contributed by atoms with Crippen molar-refractivity contribution in [3.8, 4) is 0 Å². The smallest absolute Gasteiger partial charge is 0.319 e. The lowest BCUT2D eigenvalue weighted by Gasteiger charge is -2.23. The fourth-order valence-corrected chi connectivity index (χ4v) is 1.78. The second-order valence-electron chi connectivity index (χ2n) is 4.26. The summed E-state index contributed by atoms with van der Waals surface area (Å²) in [6, 6.07) is 6.61. The lowest BCUT2D eigenvalue weighted by Crippen LogP contribution is -2.48. The highest BCUT2D eigenvalue weighted by Gasteiger charge is 2.19. The van der Waals surface area contributed by atoms with E-state index < -0.39 is 0 Å². The van der Waals surface area contributed by atoms with Gasteiger partial charge in [-0.3, -0.25) is 4.79 Å². The Bertz CT molecular complexity index is 434. The van der Waals surface area contributed by atoms with Gasteiger partial charge in [-0.25, -0.2) is 4.79 Å². The molecule has 0 aliphatic carbocycles. The molecule has 1 saturated heterocycles. The van der Waals surface area contributed by atoms with E-state index in [-0.39, 0.29) is 18.0 Å². The Balaban J connectivity index is 1.81. The van der Waals surface area contributed by atoms with Gasteiger partial charge in [-0.05, 0) is 30.7 Å². The number of carbonyl (C=O) groups excluding carboxylic acids is 2. The molecule has 1 unspecified atom stereocenters. The average molecular weight is 248 g/mol. The van der Waals surface area contributed by atoms with E-state index in [9.17, 15) is 9.59 Å². The molecule has 1 aromatic carbocycles. The predicted molar refractivity (Wildman–Crippen MR) is 69.0 cm³/mol. The Labute approximate surface area is 105 Å². The maximum atomic E-state index is 11.7. The van der Waals surface area contributed by atoms with E-state index in [0.717, 1.165) is 0 Å². The number of nitrogen functional groups attached to an aromatic ring is 1. The lowest BCUT2D eigenvalue weighted by atomic mass is 10.1. The van der Waals surface area contributed by atoms with Gasteiger partial charge in [0.1, 0.15) is 0 Å². The molecule has 2 rings (SSSR count). The van der Waals surface area contributed by atoms with E-state index in [0.29, 0.717) is 30.8 Å². The van der Waals surface area contributed by atoms with Crippen LogP contribution in [0.3, 0.4) is 0 Å². The van der Waals surface area contributed by atoms with Gasteiger partial charge in [-0.2, -0.15) is 0 Å². The van der Waals surface area contributed by atoms with Gasteiger partial charge in [0.2, 0.25) is 5.91 Å². The third-order valence-electron chi connectivity index (χ3n) is 2.77. The minimum Gasteiger partial charge on any atom is -0.399 e. The van der Waals surface area contributed by atoms with Gasteiger partial charge in [-0.1, -0.05) is 0 Å². The van der Waals surface area contributed by atoms with Crippen molar-refractivity contribution >= 4 is 23.3 Å². The molecule has 18 heavy (non-hydrogen) atoms. The first kappa shape index (κ1) is 12.2. The highest BCUT2D eigenvalue weighted by atomic mass is 16.2. The van der Waals surface area contributed by atoms with Crippen molar-refractivity contribution < 1.29 is 9.59 Å². The second kappa shape index (κ2) is 5.39. The van der Waals surface area contributed by atoms with Crippen LogP contribution in [0, 0.1) is 0 Å². The Morgan fingerprint density at radius 1 is 1.33 bits per heavy atom. The third kappa shape index (κ3) is 3.38. The average Bonchev–Trinajstić information content (AvgIpc) is 2.35. The minimum atomic E-state index is -0.277. The van der Waals surface area contributed by atoms with E-state index in [1.807, 2.05) is 0 Å². The van der Waals surface area contributed by atoms with Crippen molar-refractivity contribution in [3.63, 3.8) is 0 Å². The first-order chi connectivity index (χ1) is 8.63. The van der Waals surface area contributed by atoms with E-state index in [1.54, 1.807) is 24.3 Å². The van der Waals surface area contributed by atoms with Crippen LogP contribution in [0.1, 0.15) is 12.8 Å². The SMILES string of the molecule is Nc1ccc(NC(=O)NC2CCC(=O)NC2)cc1. The summed E-state index contributed by atoms with van der Waals surface area (Å²) in [6.45, 7) is 0.480. The molecule has 0 aromatic heterocycles. The molecule has 1 aliphatic heterocycles. The number of piperidine rings is 1. The van der Waals surface area contributed by atoms with Crippen LogP contribution in [0.2, 0.25) is 0 Å². The first-order valence-corrected chi connectivity index (χ1v) is 5.83. The molecule has 1 heterocycles. The van der Waals surface area contributed by atoms with Gasteiger partial charge in [0.15, 0.2) is 0 Å². The van der Waals surface area contributed by atoms with Gasteiger partial charge >= 0.3 is 6.03 Å². The highest BCUT2D eigenvalue weighted by Crippen LogP contribution is 2.10. The molecule has 1 aliphatic rings. The number of nitrogens with two attached hydrogens (primary N) is 1. The zero-order chi connectivity index (χ0) is 13.0.